The fraction of sp³-hybridized carbons (Fsp3) is 0.250. The standard InChI is InChI=1S/C20H14F6N6O/c1-9-16-10(2)31-32(17(16)13-5-3-11(19(21,22)23)7-14(13)28-9)18(33)27-8-12-4-6-15(30-29-12)20(24,25)26/h3-7H,8H2,1-2H3,(H,27,33). The molecule has 0 aliphatic heterocycles. The summed E-state index contributed by atoms with van der Waals surface area (Å²) in [6.45, 7) is 2.97. The minimum absolute atomic E-state index is 0.0392. The minimum atomic E-state index is -4.64. The highest BCUT2D eigenvalue weighted by molar-refractivity contribution is 6.08. The van der Waals surface area contributed by atoms with E-state index in [-0.39, 0.29) is 28.7 Å². The molecule has 0 aliphatic carbocycles. The molecule has 0 unspecified atom stereocenters. The van der Waals surface area contributed by atoms with E-state index in [0.29, 0.717) is 16.8 Å². The zero-order chi connectivity index (χ0) is 24.1. The van der Waals surface area contributed by atoms with Crippen molar-refractivity contribution in [1.29, 1.82) is 0 Å². The summed E-state index contributed by atoms with van der Waals surface area (Å²) < 4.78 is 78.1. The third-order valence-corrected chi connectivity index (χ3v) is 4.91. The second-order valence-corrected chi connectivity index (χ2v) is 7.21. The summed E-state index contributed by atoms with van der Waals surface area (Å²) in [5, 5.41) is 14.0. The Kier molecular flexibility index (Phi) is 5.21. The van der Waals surface area contributed by atoms with Crippen LogP contribution in [-0.2, 0) is 18.9 Å². The van der Waals surface area contributed by atoms with Gasteiger partial charge in [0.1, 0.15) is 0 Å². The average molecular weight is 468 g/mol. The van der Waals surface area contributed by atoms with Crippen LogP contribution >= 0.6 is 0 Å². The Labute approximate surface area is 181 Å². The Morgan fingerprint density at radius 2 is 1.70 bits per heavy atom. The normalized spacial score (nSPS) is 12.5. The van der Waals surface area contributed by atoms with Crippen LogP contribution in [0.4, 0.5) is 31.1 Å². The van der Waals surface area contributed by atoms with E-state index in [4.69, 9.17) is 0 Å². The van der Waals surface area contributed by atoms with Crippen molar-refractivity contribution in [3.05, 3.63) is 58.7 Å². The van der Waals surface area contributed by atoms with E-state index >= 15 is 0 Å². The maximum absolute atomic E-state index is 13.1. The highest BCUT2D eigenvalue weighted by Gasteiger charge is 2.33. The van der Waals surface area contributed by atoms with Gasteiger partial charge in [0.05, 0.1) is 34.5 Å². The summed E-state index contributed by atoms with van der Waals surface area (Å²) in [6, 6.07) is 4.07. The summed E-state index contributed by atoms with van der Waals surface area (Å²) in [7, 11) is 0. The first-order valence-electron chi connectivity index (χ1n) is 9.41. The van der Waals surface area contributed by atoms with Crippen molar-refractivity contribution in [1.82, 2.24) is 30.3 Å². The number of carbonyl (C=O) groups excluding carboxylic acids is 1. The Bertz CT molecular complexity index is 1370. The number of benzene rings is 1. The van der Waals surface area contributed by atoms with Gasteiger partial charge in [-0.15, -0.1) is 5.10 Å². The molecule has 1 N–H and O–H groups in total. The number of aromatic nitrogens is 5. The number of hydrogen-bond acceptors (Lipinski definition) is 5. The molecule has 4 aromatic rings. The van der Waals surface area contributed by atoms with Crippen LogP contribution in [0.5, 0.6) is 0 Å². The van der Waals surface area contributed by atoms with Crippen LogP contribution in [0, 0.1) is 13.8 Å². The quantitative estimate of drug-likeness (QED) is 0.428. The maximum atomic E-state index is 13.1. The number of aryl methyl sites for hydroxylation is 2. The van der Waals surface area contributed by atoms with Gasteiger partial charge in [0.25, 0.3) is 0 Å². The molecule has 0 atom stereocenters. The molecule has 0 spiro atoms. The van der Waals surface area contributed by atoms with Crippen molar-refractivity contribution in [3.8, 4) is 0 Å². The molecule has 3 heterocycles. The number of hydrogen-bond donors (Lipinski definition) is 1. The Morgan fingerprint density at radius 3 is 2.30 bits per heavy atom. The Hall–Kier alpha value is -3.77. The molecule has 0 fully saturated rings. The van der Waals surface area contributed by atoms with E-state index in [1.165, 1.54) is 6.07 Å². The molecule has 1 aromatic carbocycles. The van der Waals surface area contributed by atoms with Crippen molar-refractivity contribution in [3.63, 3.8) is 0 Å². The zero-order valence-electron chi connectivity index (χ0n) is 17.0. The largest absolute Gasteiger partial charge is 0.435 e. The Morgan fingerprint density at radius 1 is 0.970 bits per heavy atom. The van der Waals surface area contributed by atoms with Gasteiger partial charge in [0.2, 0.25) is 0 Å². The van der Waals surface area contributed by atoms with Gasteiger partial charge in [-0.1, -0.05) is 6.07 Å². The number of amides is 1. The second-order valence-electron chi connectivity index (χ2n) is 7.21. The number of alkyl halides is 6. The highest BCUT2D eigenvalue weighted by atomic mass is 19.4. The Balaban J connectivity index is 1.70. The lowest BCUT2D eigenvalue weighted by molar-refractivity contribution is -0.141. The van der Waals surface area contributed by atoms with E-state index < -0.39 is 29.6 Å². The molecule has 13 heteroatoms. The van der Waals surface area contributed by atoms with Crippen molar-refractivity contribution in [2.45, 2.75) is 32.7 Å². The van der Waals surface area contributed by atoms with E-state index in [1.807, 2.05) is 0 Å². The number of halogens is 6. The molecule has 0 bridgehead atoms. The predicted molar refractivity (Wildman–Crippen MR) is 104 cm³/mol. The van der Waals surface area contributed by atoms with Gasteiger partial charge in [0, 0.05) is 16.5 Å². The van der Waals surface area contributed by atoms with Crippen LogP contribution in [0.3, 0.4) is 0 Å². The molecule has 3 aromatic heterocycles. The lowest BCUT2D eigenvalue weighted by Gasteiger charge is -2.11. The molecule has 33 heavy (non-hydrogen) atoms. The molecule has 172 valence electrons. The number of nitrogens with zero attached hydrogens (tertiary/aromatic N) is 5. The lowest BCUT2D eigenvalue weighted by Crippen LogP contribution is -2.29. The summed E-state index contributed by atoms with van der Waals surface area (Å²) in [4.78, 5) is 17.1. The van der Waals surface area contributed by atoms with Crippen LogP contribution in [-0.4, -0.2) is 31.0 Å². The number of pyridine rings is 1. The fourth-order valence-corrected chi connectivity index (χ4v) is 3.44. The smallest absolute Gasteiger partial charge is 0.330 e. The SMILES string of the molecule is Cc1nc2cc(C(F)(F)F)ccc2c2c1c(C)nn2C(=O)NCc1ccc(C(F)(F)F)nn1. The summed E-state index contributed by atoms with van der Waals surface area (Å²) in [5.41, 5.74) is -0.851. The molecule has 4 rings (SSSR count). The first-order valence-corrected chi connectivity index (χ1v) is 9.41. The molecular weight excluding hydrogens is 454 g/mol. The summed E-state index contributed by atoms with van der Waals surface area (Å²) >= 11 is 0. The van der Waals surface area contributed by atoms with Crippen LogP contribution < -0.4 is 5.32 Å². The van der Waals surface area contributed by atoms with Gasteiger partial charge < -0.3 is 5.32 Å². The van der Waals surface area contributed by atoms with E-state index in [0.717, 1.165) is 28.9 Å². The van der Waals surface area contributed by atoms with Crippen molar-refractivity contribution >= 4 is 27.8 Å². The number of fused-ring (bicyclic) bond motifs is 3. The summed E-state index contributed by atoms with van der Waals surface area (Å²) in [6.07, 6.45) is -9.20. The second kappa shape index (κ2) is 7.67. The fourth-order valence-electron chi connectivity index (χ4n) is 3.44. The van der Waals surface area contributed by atoms with Crippen molar-refractivity contribution in [2.75, 3.05) is 0 Å². The van der Waals surface area contributed by atoms with Crippen LogP contribution in [0.25, 0.3) is 21.8 Å². The first-order chi connectivity index (χ1) is 15.4. The van der Waals surface area contributed by atoms with Crippen LogP contribution in [0.2, 0.25) is 0 Å². The molecule has 1 amide bonds. The number of rotatable bonds is 2. The van der Waals surface area contributed by atoms with Gasteiger partial charge in [-0.3, -0.25) is 4.98 Å². The molecule has 0 saturated heterocycles. The van der Waals surface area contributed by atoms with Gasteiger partial charge in [0.15, 0.2) is 5.69 Å². The molecule has 0 saturated carbocycles. The van der Waals surface area contributed by atoms with E-state index in [2.05, 4.69) is 25.6 Å². The minimum Gasteiger partial charge on any atom is -0.330 e. The maximum Gasteiger partial charge on any atom is 0.435 e. The van der Waals surface area contributed by atoms with E-state index in [9.17, 15) is 31.1 Å². The first kappa shape index (κ1) is 22.4. The van der Waals surface area contributed by atoms with Crippen LogP contribution in [0.15, 0.2) is 30.3 Å². The molecule has 0 aliphatic rings. The highest BCUT2D eigenvalue weighted by Crippen LogP contribution is 2.34. The third kappa shape index (κ3) is 4.17. The van der Waals surface area contributed by atoms with Crippen LogP contribution in [0.1, 0.15) is 28.3 Å². The van der Waals surface area contributed by atoms with Gasteiger partial charge in [-0.25, -0.2) is 4.79 Å². The summed E-state index contributed by atoms with van der Waals surface area (Å²) in [5.74, 6) is 0. The number of nitrogens with one attached hydrogen (secondary N) is 1. The third-order valence-electron chi connectivity index (χ3n) is 4.91. The van der Waals surface area contributed by atoms with Gasteiger partial charge in [-0.2, -0.15) is 41.2 Å². The van der Waals surface area contributed by atoms with Gasteiger partial charge in [-0.05, 0) is 38.1 Å². The monoisotopic (exact) mass is 468 g/mol. The van der Waals surface area contributed by atoms with E-state index in [1.54, 1.807) is 13.8 Å². The average Bonchev–Trinajstić information content (AvgIpc) is 3.09. The topological polar surface area (TPSA) is 85.6 Å². The predicted octanol–water partition coefficient (Wildman–Crippen LogP) is 4.79. The zero-order valence-corrected chi connectivity index (χ0v) is 17.0. The van der Waals surface area contributed by atoms with Gasteiger partial charge >= 0.3 is 18.4 Å². The molecular formula is C20H14F6N6O. The van der Waals surface area contributed by atoms with Crippen molar-refractivity contribution in [2.24, 2.45) is 0 Å². The van der Waals surface area contributed by atoms with Crippen molar-refractivity contribution < 1.29 is 31.1 Å². The molecule has 7 nitrogen and oxygen atoms in total. The lowest BCUT2D eigenvalue weighted by atomic mass is 10.1. The number of carbonyl (C=O) groups is 1. The molecule has 0 radical (unpaired) electrons.